The minimum Gasteiger partial charge on any atom is -0.360 e. The van der Waals surface area contributed by atoms with Crippen LogP contribution in [0.1, 0.15) is 28.9 Å². The van der Waals surface area contributed by atoms with Crippen LogP contribution in [0.5, 0.6) is 0 Å². The molecule has 2 N–H and O–H groups in total. The molecule has 2 aliphatic heterocycles. The molecule has 3 aromatic rings. The number of fused-ring (bicyclic) bond motifs is 2. The van der Waals surface area contributed by atoms with Gasteiger partial charge in [-0.25, -0.2) is 0 Å². The number of benzene rings is 2. The third-order valence-corrected chi connectivity index (χ3v) is 5.80. The Kier molecular flexibility index (Phi) is 3.81. The maximum atomic E-state index is 13.0. The summed E-state index contributed by atoms with van der Waals surface area (Å²) in [4.78, 5) is 20.6. The van der Waals surface area contributed by atoms with Crippen LogP contribution < -0.4 is 10.2 Å². The zero-order chi connectivity index (χ0) is 18.4. The van der Waals surface area contributed by atoms with Gasteiger partial charge < -0.3 is 20.1 Å². The Balaban J connectivity index is 1.29. The minimum absolute atomic E-state index is 0.105. The van der Waals surface area contributed by atoms with E-state index in [9.17, 15) is 4.79 Å². The number of amides is 1. The first-order valence-corrected chi connectivity index (χ1v) is 9.55. The van der Waals surface area contributed by atoms with Gasteiger partial charge in [-0.05, 0) is 49.6 Å². The van der Waals surface area contributed by atoms with Crippen molar-refractivity contribution in [1.29, 1.82) is 0 Å². The fourth-order valence-electron chi connectivity index (χ4n) is 4.27. The summed E-state index contributed by atoms with van der Waals surface area (Å²) in [5.41, 5.74) is 5.30. The lowest BCUT2D eigenvalue weighted by molar-refractivity contribution is 0.0709. The molecule has 0 atom stereocenters. The fourth-order valence-corrected chi connectivity index (χ4v) is 4.27. The molecule has 0 spiro atoms. The minimum atomic E-state index is 0.105. The van der Waals surface area contributed by atoms with E-state index in [1.807, 2.05) is 29.2 Å². The van der Waals surface area contributed by atoms with E-state index < -0.39 is 0 Å². The summed E-state index contributed by atoms with van der Waals surface area (Å²) in [7, 11) is 0. The molecule has 1 saturated heterocycles. The zero-order valence-corrected chi connectivity index (χ0v) is 15.4. The van der Waals surface area contributed by atoms with Gasteiger partial charge in [0.25, 0.3) is 5.91 Å². The van der Waals surface area contributed by atoms with Gasteiger partial charge in [-0.15, -0.1) is 0 Å². The first-order valence-electron chi connectivity index (χ1n) is 9.55. The Hall–Kier alpha value is -2.95. The Morgan fingerprint density at radius 1 is 1.07 bits per heavy atom. The maximum Gasteiger partial charge on any atom is 0.270 e. The van der Waals surface area contributed by atoms with Crippen LogP contribution in [0.15, 0.2) is 48.5 Å². The van der Waals surface area contributed by atoms with Crippen molar-refractivity contribution in [2.75, 3.05) is 23.3 Å². The average molecular weight is 359 g/mol. The standard InChI is InChI=1S/C22H23N4O/c1-15-5-4-7-18-17(15)13-20(24-18)22(27)25-11-9-16(10-12-25)26-14-23-19-6-2-3-8-21(19)26/h2-8,13-14,16,23-24H,9-12H2,1H3. The molecule has 27 heavy (non-hydrogen) atoms. The monoisotopic (exact) mass is 359 g/mol. The van der Waals surface area contributed by atoms with Gasteiger partial charge in [0.05, 0.1) is 11.4 Å². The van der Waals surface area contributed by atoms with Crippen LogP contribution >= 0.6 is 0 Å². The highest BCUT2D eigenvalue weighted by Gasteiger charge is 2.31. The van der Waals surface area contributed by atoms with Gasteiger partial charge in [0.1, 0.15) is 12.4 Å². The molecule has 0 saturated carbocycles. The summed E-state index contributed by atoms with van der Waals surface area (Å²) < 4.78 is 0. The highest BCUT2D eigenvalue weighted by atomic mass is 16.2. The quantitative estimate of drug-likeness (QED) is 0.723. The lowest BCUT2D eigenvalue weighted by atomic mass is 10.0. The van der Waals surface area contributed by atoms with Gasteiger partial charge in [-0.3, -0.25) is 4.79 Å². The van der Waals surface area contributed by atoms with Crippen molar-refractivity contribution in [3.63, 3.8) is 0 Å². The first-order chi connectivity index (χ1) is 13.2. The van der Waals surface area contributed by atoms with Crippen LogP contribution in [-0.2, 0) is 0 Å². The van der Waals surface area contributed by atoms with E-state index in [0.29, 0.717) is 11.7 Å². The number of anilines is 2. The Morgan fingerprint density at radius 3 is 2.70 bits per heavy atom. The summed E-state index contributed by atoms with van der Waals surface area (Å²) >= 11 is 0. The Labute approximate surface area is 159 Å². The van der Waals surface area contributed by atoms with Gasteiger partial charge in [0.15, 0.2) is 0 Å². The molecule has 5 heteroatoms. The second kappa shape index (κ2) is 6.34. The van der Waals surface area contributed by atoms with Crippen molar-refractivity contribution in [2.45, 2.75) is 25.8 Å². The van der Waals surface area contributed by atoms with E-state index in [1.165, 1.54) is 11.3 Å². The molecule has 1 aromatic heterocycles. The van der Waals surface area contributed by atoms with Crippen molar-refractivity contribution in [3.8, 4) is 0 Å². The molecule has 1 radical (unpaired) electrons. The fraction of sp³-hybridized carbons (Fsp3) is 0.273. The number of nitrogens with one attached hydrogen (secondary N) is 2. The van der Waals surface area contributed by atoms with E-state index >= 15 is 0 Å². The molecule has 5 nitrogen and oxygen atoms in total. The second-order valence-corrected chi connectivity index (χ2v) is 7.44. The van der Waals surface area contributed by atoms with Crippen LogP contribution in [0.3, 0.4) is 0 Å². The molecule has 1 amide bonds. The number of nitrogens with zero attached hydrogens (tertiary/aromatic N) is 2. The number of piperidine rings is 1. The lowest BCUT2D eigenvalue weighted by Crippen LogP contribution is -2.45. The van der Waals surface area contributed by atoms with Crippen molar-refractivity contribution in [2.24, 2.45) is 0 Å². The predicted molar refractivity (Wildman–Crippen MR) is 109 cm³/mol. The van der Waals surface area contributed by atoms with E-state index in [1.54, 1.807) is 0 Å². The number of H-pyrrole nitrogens is 1. The number of rotatable bonds is 2. The molecular weight excluding hydrogens is 336 g/mol. The van der Waals surface area contributed by atoms with E-state index in [-0.39, 0.29) is 5.91 Å². The molecule has 0 unspecified atom stereocenters. The van der Waals surface area contributed by atoms with Gasteiger partial charge in [-0.1, -0.05) is 24.3 Å². The highest BCUT2D eigenvalue weighted by molar-refractivity contribution is 5.98. The average Bonchev–Trinajstić information content (AvgIpc) is 3.33. The van der Waals surface area contributed by atoms with Crippen molar-refractivity contribution in [3.05, 3.63) is 66.5 Å². The molecule has 5 rings (SSSR count). The van der Waals surface area contributed by atoms with Crippen molar-refractivity contribution < 1.29 is 4.79 Å². The smallest absolute Gasteiger partial charge is 0.270 e. The van der Waals surface area contributed by atoms with Crippen LogP contribution in [0.25, 0.3) is 10.9 Å². The van der Waals surface area contributed by atoms with Gasteiger partial charge in [0.2, 0.25) is 0 Å². The van der Waals surface area contributed by atoms with Crippen molar-refractivity contribution >= 4 is 28.2 Å². The lowest BCUT2D eigenvalue weighted by Gasteiger charge is -2.37. The first kappa shape index (κ1) is 16.2. The third kappa shape index (κ3) is 2.74. The number of carbonyl (C=O) groups excluding carboxylic acids is 1. The van der Waals surface area contributed by atoms with E-state index in [0.717, 1.165) is 42.5 Å². The number of aromatic nitrogens is 1. The molecule has 1 fully saturated rings. The molecule has 2 aliphatic rings. The van der Waals surface area contributed by atoms with Gasteiger partial charge in [-0.2, -0.15) is 0 Å². The largest absolute Gasteiger partial charge is 0.360 e. The van der Waals surface area contributed by atoms with Gasteiger partial charge >= 0.3 is 0 Å². The highest BCUT2D eigenvalue weighted by Crippen LogP contribution is 2.36. The SMILES string of the molecule is Cc1cccc2[nH]c(C(=O)N3CCC(N4[CH]Nc5ccccc54)CC3)cc12. The topological polar surface area (TPSA) is 51.4 Å². The number of aryl methyl sites for hydroxylation is 1. The molecular formula is C22H23N4O. The maximum absolute atomic E-state index is 13.0. The Bertz CT molecular complexity index is 1000. The third-order valence-electron chi connectivity index (χ3n) is 5.80. The normalized spacial score (nSPS) is 17.2. The molecule has 2 aromatic carbocycles. The summed E-state index contributed by atoms with van der Waals surface area (Å²) in [6.07, 6.45) is 1.94. The number of hydrogen-bond donors (Lipinski definition) is 2. The van der Waals surface area contributed by atoms with E-state index in [2.05, 4.69) is 53.1 Å². The number of likely N-dealkylation sites (tertiary alicyclic amines) is 1. The molecule has 0 bridgehead atoms. The van der Waals surface area contributed by atoms with Crippen LogP contribution in [0, 0.1) is 13.6 Å². The number of para-hydroxylation sites is 2. The summed E-state index contributed by atoms with van der Waals surface area (Å²) in [6.45, 7) is 5.70. The number of carbonyl (C=O) groups is 1. The Morgan fingerprint density at radius 2 is 1.89 bits per heavy atom. The second-order valence-electron chi connectivity index (χ2n) is 7.44. The van der Waals surface area contributed by atoms with E-state index in [4.69, 9.17) is 0 Å². The van der Waals surface area contributed by atoms with Crippen LogP contribution in [0.2, 0.25) is 0 Å². The number of hydrogen-bond acceptors (Lipinski definition) is 3. The predicted octanol–water partition coefficient (Wildman–Crippen LogP) is 4.13. The zero-order valence-electron chi connectivity index (χ0n) is 15.4. The van der Waals surface area contributed by atoms with Crippen LogP contribution in [0.4, 0.5) is 11.4 Å². The molecule has 137 valence electrons. The van der Waals surface area contributed by atoms with Crippen LogP contribution in [-0.4, -0.2) is 34.9 Å². The van der Waals surface area contributed by atoms with Gasteiger partial charge in [0, 0.05) is 30.0 Å². The summed E-state index contributed by atoms with van der Waals surface area (Å²) in [5, 5.41) is 4.47. The molecule has 3 heterocycles. The summed E-state index contributed by atoms with van der Waals surface area (Å²) in [5.74, 6) is 0.105. The summed E-state index contributed by atoms with van der Waals surface area (Å²) in [6, 6.07) is 16.9. The molecule has 0 aliphatic carbocycles. The number of aromatic amines is 1. The van der Waals surface area contributed by atoms with Crippen molar-refractivity contribution in [1.82, 2.24) is 9.88 Å².